The predicted octanol–water partition coefficient (Wildman–Crippen LogP) is 6.84. The van der Waals surface area contributed by atoms with E-state index in [-0.39, 0.29) is 0 Å². The average Bonchev–Trinajstić information content (AvgIpc) is 2.40. The van der Waals surface area contributed by atoms with Gasteiger partial charge in [-0.1, -0.05) is 60.3 Å². The highest BCUT2D eigenvalue weighted by molar-refractivity contribution is 7.75. The summed E-state index contributed by atoms with van der Waals surface area (Å²) in [6.45, 7) is 12.0. The van der Waals surface area contributed by atoms with Crippen molar-refractivity contribution in [3.63, 3.8) is 0 Å². The largest absolute Gasteiger partial charge is 0.0654 e. The van der Waals surface area contributed by atoms with E-state index in [0.717, 1.165) is 5.92 Å². The first-order chi connectivity index (χ1) is 9.14. The summed E-state index contributed by atoms with van der Waals surface area (Å²) in [7, 11) is -0.632. The molecule has 0 N–H and O–H groups in total. The molecular weight excluding hydrogens is 247 g/mol. The highest BCUT2D eigenvalue weighted by Crippen LogP contribution is 2.62. The van der Waals surface area contributed by atoms with Gasteiger partial charge >= 0.3 is 0 Å². The number of hydrogen-bond donors (Lipinski definition) is 0. The van der Waals surface area contributed by atoms with Gasteiger partial charge in [-0.2, -0.15) is 0 Å². The molecule has 0 aliphatic heterocycles. The van der Waals surface area contributed by atoms with E-state index in [2.05, 4.69) is 34.6 Å². The molecule has 1 heteroatoms. The van der Waals surface area contributed by atoms with Crippen LogP contribution in [0.5, 0.6) is 0 Å². The smallest absolute Gasteiger partial charge is 0.0619 e. The van der Waals surface area contributed by atoms with Gasteiger partial charge in [-0.25, -0.2) is 0 Å². The van der Waals surface area contributed by atoms with Crippen LogP contribution in [-0.4, -0.2) is 24.6 Å². The topological polar surface area (TPSA) is 0 Å². The molecule has 0 aromatic rings. The van der Waals surface area contributed by atoms with E-state index in [1.165, 1.54) is 51.4 Å². The van der Waals surface area contributed by atoms with Gasteiger partial charge < -0.3 is 0 Å². The van der Waals surface area contributed by atoms with E-state index in [9.17, 15) is 0 Å². The molecule has 0 spiro atoms. The van der Waals surface area contributed by atoms with Gasteiger partial charge in [0, 0.05) is 7.26 Å². The molecule has 0 fully saturated rings. The van der Waals surface area contributed by atoms with Crippen LogP contribution in [0.1, 0.15) is 86.0 Å². The molecule has 0 aromatic carbocycles. The maximum atomic E-state index is 2.52. The molecule has 0 aliphatic carbocycles. The summed E-state index contributed by atoms with van der Waals surface area (Å²) in [5.41, 5.74) is 0. The maximum absolute atomic E-state index is 2.52. The lowest BCUT2D eigenvalue weighted by Crippen LogP contribution is -2.17. The van der Waals surface area contributed by atoms with E-state index in [1.54, 1.807) is 24.6 Å². The van der Waals surface area contributed by atoms with E-state index >= 15 is 0 Å². The molecule has 0 aromatic heterocycles. The first kappa shape index (κ1) is 19.4. The minimum Gasteiger partial charge on any atom is -0.0654 e. The summed E-state index contributed by atoms with van der Waals surface area (Å²) in [6, 6.07) is 0. The van der Waals surface area contributed by atoms with Gasteiger partial charge in [0.1, 0.15) is 0 Å². The zero-order chi connectivity index (χ0) is 14.6. The molecule has 0 aliphatic rings. The first-order valence-electron chi connectivity index (χ1n) is 8.99. The van der Waals surface area contributed by atoms with Crippen LogP contribution < -0.4 is 0 Å². The molecule has 19 heavy (non-hydrogen) atoms. The zero-order valence-electron chi connectivity index (χ0n) is 14.5. The van der Waals surface area contributed by atoms with Crippen LogP contribution in [0.15, 0.2) is 0 Å². The molecule has 0 saturated carbocycles. The number of unbranched alkanes of at least 4 members (excludes halogenated alkanes) is 3. The molecule has 0 nitrogen and oxygen atoms in total. The van der Waals surface area contributed by atoms with Crippen LogP contribution in [0.3, 0.4) is 0 Å². The fourth-order valence-corrected chi connectivity index (χ4v) is 9.02. The normalized spacial score (nSPS) is 13.7. The lowest BCUT2D eigenvalue weighted by molar-refractivity contribution is 0.577. The Morgan fingerprint density at radius 1 is 0.684 bits per heavy atom. The van der Waals surface area contributed by atoms with Crippen LogP contribution >= 0.6 is 7.26 Å². The summed E-state index contributed by atoms with van der Waals surface area (Å²) in [5.74, 6) is 0.976. The summed E-state index contributed by atoms with van der Waals surface area (Å²) >= 11 is 0. The molecular formula is C18H40P+. The fraction of sp³-hybridized carbons (Fsp3) is 1.00. The van der Waals surface area contributed by atoms with Crippen LogP contribution in [0, 0.1) is 5.92 Å². The summed E-state index contributed by atoms with van der Waals surface area (Å²) in [4.78, 5) is 0. The summed E-state index contributed by atoms with van der Waals surface area (Å²) in [5, 5.41) is 0. The second-order valence-corrected chi connectivity index (χ2v) is 11.0. The van der Waals surface area contributed by atoms with Gasteiger partial charge in [-0.05, 0) is 31.6 Å². The Bertz CT molecular complexity index is 166. The SMILES string of the molecule is CCCC[P+](CCCC)(CCCC)CC(C)CCC. The Kier molecular flexibility index (Phi) is 12.5. The summed E-state index contributed by atoms with van der Waals surface area (Å²) < 4.78 is 0. The van der Waals surface area contributed by atoms with Crippen LogP contribution in [0.25, 0.3) is 0 Å². The molecule has 1 atom stereocenters. The molecule has 116 valence electrons. The van der Waals surface area contributed by atoms with E-state index in [0.29, 0.717) is 0 Å². The Balaban J connectivity index is 4.65. The monoisotopic (exact) mass is 287 g/mol. The Morgan fingerprint density at radius 3 is 1.42 bits per heavy atom. The molecule has 0 heterocycles. The van der Waals surface area contributed by atoms with Gasteiger partial charge in [-0.15, -0.1) is 0 Å². The van der Waals surface area contributed by atoms with Crippen molar-refractivity contribution in [2.45, 2.75) is 86.0 Å². The number of rotatable bonds is 13. The van der Waals surface area contributed by atoms with Crippen molar-refractivity contribution >= 4 is 7.26 Å². The number of hydrogen-bond acceptors (Lipinski definition) is 0. The second kappa shape index (κ2) is 12.2. The van der Waals surface area contributed by atoms with Crippen LogP contribution in [-0.2, 0) is 0 Å². The van der Waals surface area contributed by atoms with Crippen LogP contribution in [0.2, 0.25) is 0 Å². The van der Waals surface area contributed by atoms with Gasteiger partial charge in [0.2, 0.25) is 0 Å². The van der Waals surface area contributed by atoms with Crippen molar-refractivity contribution in [1.29, 1.82) is 0 Å². The van der Waals surface area contributed by atoms with Gasteiger partial charge in [0.05, 0.1) is 24.6 Å². The minimum atomic E-state index is -0.632. The van der Waals surface area contributed by atoms with E-state index < -0.39 is 7.26 Å². The molecule has 0 amide bonds. The molecule has 0 rings (SSSR count). The quantitative estimate of drug-likeness (QED) is 0.325. The van der Waals surface area contributed by atoms with Crippen molar-refractivity contribution in [3.05, 3.63) is 0 Å². The maximum Gasteiger partial charge on any atom is 0.0619 e. The van der Waals surface area contributed by atoms with Gasteiger partial charge in [0.25, 0.3) is 0 Å². The van der Waals surface area contributed by atoms with Crippen molar-refractivity contribution in [2.75, 3.05) is 24.6 Å². The third-order valence-corrected chi connectivity index (χ3v) is 9.63. The highest BCUT2D eigenvalue weighted by atomic mass is 31.2. The zero-order valence-corrected chi connectivity index (χ0v) is 15.4. The second-order valence-electron chi connectivity index (χ2n) is 6.65. The molecule has 0 saturated heterocycles. The van der Waals surface area contributed by atoms with Crippen molar-refractivity contribution < 1.29 is 0 Å². The van der Waals surface area contributed by atoms with Crippen molar-refractivity contribution in [3.8, 4) is 0 Å². The summed E-state index contributed by atoms with van der Waals surface area (Å²) in [6.07, 6.45) is 17.8. The molecule has 1 unspecified atom stereocenters. The van der Waals surface area contributed by atoms with Crippen molar-refractivity contribution in [2.24, 2.45) is 5.92 Å². The molecule has 0 radical (unpaired) electrons. The molecule has 0 bridgehead atoms. The standard InChI is InChI=1S/C18H40P/c1-6-10-14-19(15-11-7-2,16-12-8-3)17-18(5)13-9-4/h18H,6-17H2,1-5H3/q+1. The lowest BCUT2D eigenvalue weighted by atomic mass is 10.1. The van der Waals surface area contributed by atoms with Crippen molar-refractivity contribution in [1.82, 2.24) is 0 Å². The highest BCUT2D eigenvalue weighted by Gasteiger charge is 2.36. The predicted molar refractivity (Wildman–Crippen MR) is 95.2 cm³/mol. The van der Waals surface area contributed by atoms with E-state index in [1.807, 2.05) is 0 Å². The first-order valence-corrected chi connectivity index (χ1v) is 11.5. The Hall–Kier alpha value is 0.430. The third-order valence-electron chi connectivity index (χ3n) is 4.44. The van der Waals surface area contributed by atoms with Gasteiger partial charge in [-0.3, -0.25) is 0 Å². The lowest BCUT2D eigenvalue weighted by Gasteiger charge is -2.30. The van der Waals surface area contributed by atoms with Gasteiger partial charge in [0.15, 0.2) is 0 Å². The fourth-order valence-electron chi connectivity index (χ4n) is 3.34. The third kappa shape index (κ3) is 9.06. The Labute approximate surface area is 124 Å². The van der Waals surface area contributed by atoms with E-state index in [4.69, 9.17) is 0 Å². The van der Waals surface area contributed by atoms with Crippen LogP contribution in [0.4, 0.5) is 0 Å². The minimum absolute atomic E-state index is 0.632. The average molecular weight is 287 g/mol. The Morgan fingerprint density at radius 2 is 1.11 bits per heavy atom.